The molecule has 0 aliphatic carbocycles. The van der Waals surface area contributed by atoms with Gasteiger partial charge in [-0.3, -0.25) is 10.1 Å². The SMILES string of the molecule is O=C(Nc1ncc(Cc2ccc(F)c(F)c2)s1)c1sccc1Br. The molecule has 0 unspecified atom stereocenters. The number of carbonyl (C=O) groups excluding carboxylic acids is 1. The van der Waals surface area contributed by atoms with Crippen molar-refractivity contribution in [3.05, 3.63) is 67.3 Å². The summed E-state index contributed by atoms with van der Waals surface area (Å²) >= 11 is 5.94. The van der Waals surface area contributed by atoms with E-state index in [2.05, 4.69) is 26.2 Å². The number of amides is 1. The molecule has 2 aromatic heterocycles. The number of nitrogens with zero attached hydrogens (tertiary/aromatic N) is 1. The molecule has 1 N–H and O–H groups in total. The minimum Gasteiger partial charge on any atom is -0.297 e. The quantitative estimate of drug-likeness (QED) is 0.645. The maximum Gasteiger partial charge on any atom is 0.268 e. The highest BCUT2D eigenvalue weighted by molar-refractivity contribution is 9.10. The molecule has 2 heterocycles. The highest BCUT2D eigenvalue weighted by Gasteiger charge is 2.14. The summed E-state index contributed by atoms with van der Waals surface area (Å²) in [6, 6.07) is 5.59. The molecule has 118 valence electrons. The molecule has 1 amide bonds. The van der Waals surface area contributed by atoms with Crippen molar-refractivity contribution >= 4 is 49.6 Å². The highest BCUT2D eigenvalue weighted by atomic mass is 79.9. The Balaban J connectivity index is 1.69. The molecule has 0 fully saturated rings. The van der Waals surface area contributed by atoms with Crippen LogP contribution in [0.5, 0.6) is 0 Å². The summed E-state index contributed by atoms with van der Waals surface area (Å²) in [7, 11) is 0. The van der Waals surface area contributed by atoms with Gasteiger partial charge in [0.15, 0.2) is 16.8 Å². The van der Waals surface area contributed by atoms with Crippen molar-refractivity contribution in [2.75, 3.05) is 5.32 Å². The average Bonchev–Trinajstić information content (AvgIpc) is 3.12. The lowest BCUT2D eigenvalue weighted by atomic mass is 10.1. The van der Waals surface area contributed by atoms with Crippen LogP contribution >= 0.6 is 38.6 Å². The van der Waals surface area contributed by atoms with Gasteiger partial charge in [-0.1, -0.05) is 6.07 Å². The third kappa shape index (κ3) is 3.82. The molecule has 23 heavy (non-hydrogen) atoms. The van der Waals surface area contributed by atoms with E-state index in [0.717, 1.165) is 21.5 Å². The molecule has 3 nitrogen and oxygen atoms in total. The van der Waals surface area contributed by atoms with E-state index in [9.17, 15) is 13.6 Å². The number of halogens is 3. The Morgan fingerprint density at radius 1 is 1.26 bits per heavy atom. The van der Waals surface area contributed by atoms with Crippen LogP contribution in [0.3, 0.4) is 0 Å². The first-order chi connectivity index (χ1) is 11.0. The molecule has 1 aromatic carbocycles. The van der Waals surface area contributed by atoms with Gasteiger partial charge in [-0.15, -0.1) is 22.7 Å². The van der Waals surface area contributed by atoms with Crippen LogP contribution < -0.4 is 5.32 Å². The molecule has 0 atom stereocenters. The van der Waals surface area contributed by atoms with E-state index in [1.807, 2.05) is 5.38 Å². The number of aromatic nitrogens is 1. The number of hydrogen-bond acceptors (Lipinski definition) is 4. The summed E-state index contributed by atoms with van der Waals surface area (Å²) in [4.78, 5) is 17.6. The molecule has 3 rings (SSSR count). The van der Waals surface area contributed by atoms with Gasteiger partial charge in [0, 0.05) is 22.0 Å². The van der Waals surface area contributed by atoms with Crippen LogP contribution in [-0.4, -0.2) is 10.9 Å². The van der Waals surface area contributed by atoms with Crippen LogP contribution in [0.4, 0.5) is 13.9 Å². The first-order valence-corrected chi connectivity index (χ1v) is 8.95. The maximum absolute atomic E-state index is 13.2. The van der Waals surface area contributed by atoms with Crippen molar-refractivity contribution in [3.8, 4) is 0 Å². The fourth-order valence-electron chi connectivity index (χ4n) is 1.91. The minimum absolute atomic E-state index is 0.236. The van der Waals surface area contributed by atoms with Crippen molar-refractivity contribution in [1.29, 1.82) is 0 Å². The van der Waals surface area contributed by atoms with E-state index in [-0.39, 0.29) is 5.91 Å². The Kier molecular flexibility index (Phi) is 4.84. The summed E-state index contributed by atoms with van der Waals surface area (Å²) in [5, 5.41) is 5.01. The number of benzene rings is 1. The van der Waals surface area contributed by atoms with Gasteiger partial charge in [0.25, 0.3) is 5.91 Å². The van der Waals surface area contributed by atoms with E-state index >= 15 is 0 Å². The fourth-order valence-corrected chi connectivity index (χ4v) is 4.20. The number of thiazole rings is 1. The monoisotopic (exact) mass is 414 g/mol. The lowest BCUT2D eigenvalue weighted by Crippen LogP contribution is -2.10. The zero-order chi connectivity index (χ0) is 16.4. The van der Waals surface area contributed by atoms with Crippen LogP contribution in [0.15, 0.2) is 40.3 Å². The van der Waals surface area contributed by atoms with E-state index < -0.39 is 11.6 Å². The number of thiophene rings is 1. The van der Waals surface area contributed by atoms with Gasteiger partial charge in [0.1, 0.15) is 4.88 Å². The van der Waals surface area contributed by atoms with E-state index in [1.54, 1.807) is 12.3 Å². The Hall–Kier alpha value is -1.64. The van der Waals surface area contributed by atoms with Crippen molar-refractivity contribution in [2.24, 2.45) is 0 Å². The summed E-state index contributed by atoms with van der Waals surface area (Å²) in [5.41, 5.74) is 0.645. The van der Waals surface area contributed by atoms with Gasteiger partial charge >= 0.3 is 0 Å². The van der Waals surface area contributed by atoms with E-state index in [1.165, 1.54) is 28.7 Å². The van der Waals surface area contributed by atoms with Crippen LogP contribution in [-0.2, 0) is 6.42 Å². The molecule has 0 saturated heterocycles. The van der Waals surface area contributed by atoms with Gasteiger partial charge in [0.2, 0.25) is 0 Å². The van der Waals surface area contributed by atoms with E-state index in [4.69, 9.17) is 0 Å². The van der Waals surface area contributed by atoms with Gasteiger partial charge in [-0.05, 0) is 45.1 Å². The topological polar surface area (TPSA) is 42.0 Å². The molecule has 0 spiro atoms. The van der Waals surface area contributed by atoms with Crippen LogP contribution in [0, 0.1) is 11.6 Å². The van der Waals surface area contributed by atoms with Crippen LogP contribution in [0.1, 0.15) is 20.1 Å². The smallest absolute Gasteiger partial charge is 0.268 e. The third-order valence-electron chi connectivity index (χ3n) is 2.96. The zero-order valence-corrected chi connectivity index (χ0v) is 14.7. The summed E-state index contributed by atoms with van der Waals surface area (Å²) in [5.74, 6) is -1.98. The van der Waals surface area contributed by atoms with Crippen molar-refractivity contribution in [3.63, 3.8) is 0 Å². The Labute approximate surface area is 147 Å². The molecule has 0 bridgehead atoms. The van der Waals surface area contributed by atoms with Gasteiger partial charge in [0.05, 0.1) is 0 Å². The number of carbonyl (C=O) groups is 1. The van der Waals surface area contributed by atoms with Gasteiger partial charge < -0.3 is 0 Å². The summed E-state index contributed by atoms with van der Waals surface area (Å²) in [6.45, 7) is 0. The van der Waals surface area contributed by atoms with Crippen molar-refractivity contribution < 1.29 is 13.6 Å². The molecular weight excluding hydrogens is 406 g/mol. The molecule has 3 aromatic rings. The molecule has 0 aliphatic heterocycles. The second kappa shape index (κ2) is 6.86. The maximum atomic E-state index is 13.2. The summed E-state index contributed by atoms with van der Waals surface area (Å²) in [6.07, 6.45) is 2.04. The van der Waals surface area contributed by atoms with Crippen molar-refractivity contribution in [1.82, 2.24) is 4.98 Å². The number of nitrogens with one attached hydrogen (secondary N) is 1. The van der Waals surface area contributed by atoms with Crippen LogP contribution in [0.25, 0.3) is 0 Å². The predicted molar refractivity (Wildman–Crippen MR) is 91.3 cm³/mol. The molecular formula is C15H9BrF2N2OS2. The number of hydrogen-bond donors (Lipinski definition) is 1. The molecule has 0 aliphatic rings. The second-order valence-electron chi connectivity index (χ2n) is 4.61. The van der Waals surface area contributed by atoms with Crippen molar-refractivity contribution in [2.45, 2.75) is 6.42 Å². The third-order valence-corrected chi connectivity index (χ3v) is 5.71. The van der Waals surface area contributed by atoms with Crippen LogP contribution in [0.2, 0.25) is 0 Å². The fraction of sp³-hybridized carbons (Fsp3) is 0.0667. The first kappa shape index (κ1) is 16.2. The molecule has 0 saturated carbocycles. The van der Waals surface area contributed by atoms with Gasteiger partial charge in [-0.2, -0.15) is 0 Å². The largest absolute Gasteiger partial charge is 0.297 e. The first-order valence-electron chi connectivity index (χ1n) is 6.46. The lowest BCUT2D eigenvalue weighted by molar-refractivity contribution is 0.103. The Bertz CT molecular complexity index is 863. The second-order valence-corrected chi connectivity index (χ2v) is 7.49. The van der Waals surface area contributed by atoms with E-state index in [0.29, 0.717) is 22.0 Å². The predicted octanol–water partition coefficient (Wildman–Crippen LogP) is 5.09. The molecule has 0 radical (unpaired) electrons. The summed E-state index contributed by atoms with van der Waals surface area (Å²) < 4.78 is 26.9. The minimum atomic E-state index is -0.872. The number of anilines is 1. The Morgan fingerprint density at radius 2 is 2.09 bits per heavy atom. The van der Waals surface area contributed by atoms with Gasteiger partial charge in [-0.25, -0.2) is 13.8 Å². The normalized spacial score (nSPS) is 10.7. The standard InChI is InChI=1S/C15H9BrF2N2OS2/c16-10-3-4-22-13(10)14(21)20-15-19-7-9(23-15)5-8-1-2-11(17)12(18)6-8/h1-4,6-7H,5H2,(H,19,20,21). The number of rotatable bonds is 4. The highest BCUT2D eigenvalue weighted by Crippen LogP contribution is 2.26. The zero-order valence-electron chi connectivity index (χ0n) is 11.5. The Morgan fingerprint density at radius 3 is 2.78 bits per heavy atom. The lowest BCUT2D eigenvalue weighted by Gasteiger charge is -2.00. The average molecular weight is 415 g/mol. The molecule has 8 heteroatoms.